The van der Waals surface area contributed by atoms with Gasteiger partial charge >= 0.3 is 0 Å². The average Bonchev–Trinajstić information content (AvgIpc) is 2.43. The SMILES string of the molecule is CCC(C)CC(C)[Si](OC(P)(CC)CC)(C(C)C)C(C)C. The molecule has 128 valence electrons. The first-order valence-corrected chi connectivity index (χ1v) is 11.8. The van der Waals surface area contributed by atoms with Crippen molar-refractivity contribution in [1.82, 2.24) is 0 Å². The molecule has 0 heterocycles. The van der Waals surface area contributed by atoms with E-state index in [9.17, 15) is 0 Å². The molecule has 0 radical (unpaired) electrons. The highest BCUT2D eigenvalue weighted by Gasteiger charge is 2.50. The first-order chi connectivity index (χ1) is 9.59. The van der Waals surface area contributed by atoms with E-state index in [2.05, 4.69) is 71.6 Å². The van der Waals surface area contributed by atoms with Crippen LogP contribution in [0.4, 0.5) is 0 Å². The molecule has 0 aliphatic rings. The van der Waals surface area contributed by atoms with Crippen LogP contribution in [0.3, 0.4) is 0 Å². The lowest BCUT2D eigenvalue weighted by molar-refractivity contribution is 0.127. The first kappa shape index (κ1) is 21.6. The van der Waals surface area contributed by atoms with Gasteiger partial charge < -0.3 is 4.43 Å². The van der Waals surface area contributed by atoms with Gasteiger partial charge in [-0.3, -0.25) is 0 Å². The van der Waals surface area contributed by atoms with Crippen molar-refractivity contribution in [3.63, 3.8) is 0 Å². The fraction of sp³-hybridized carbons (Fsp3) is 1.00. The molecule has 0 saturated carbocycles. The molecule has 1 nitrogen and oxygen atoms in total. The summed E-state index contributed by atoms with van der Waals surface area (Å²) in [5.74, 6) is 0.801. The maximum absolute atomic E-state index is 7.06. The summed E-state index contributed by atoms with van der Waals surface area (Å²) in [5, 5.41) is -0.0233. The Labute approximate surface area is 138 Å². The van der Waals surface area contributed by atoms with Crippen molar-refractivity contribution in [2.75, 3.05) is 0 Å². The van der Waals surface area contributed by atoms with Crippen LogP contribution in [0.15, 0.2) is 0 Å². The fourth-order valence-electron chi connectivity index (χ4n) is 3.84. The van der Waals surface area contributed by atoms with Crippen LogP contribution in [0, 0.1) is 5.92 Å². The van der Waals surface area contributed by atoms with Crippen molar-refractivity contribution < 1.29 is 4.43 Å². The minimum absolute atomic E-state index is 0.0233. The molecule has 0 fully saturated rings. The molecule has 0 aromatic carbocycles. The summed E-state index contributed by atoms with van der Waals surface area (Å²) in [4.78, 5) is 0. The Morgan fingerprint density at radius 1 is 0.905 bits per heavy atom. The molecule has 0 aliphatic carbocycles. The van der Waals surface area contributed by atoms with E-state index in [0.29, 0.717) is 16.6 Å². The van der Waals surface area contributed by atoms with Gasteiger partial charge in [0.25, 0.3) is 0 Å². The summed E-state index contributed by atoms with van der Waals surface area (Å²) in [6.45, 7) is 21.3. The van der Waals surface area contributed by atoms with Crippen LogP contribution in [-0.4, -0.2) is 13.7 Å². The predicted octanol–water partition coefficient (Wildman–Crippen LogP) is 6.99. The van der Waals surface area contributed by atoms with Crippen LogP contribution >= 0.6 is 9.24 Å². The largest absolute Gasteiger partial charge is 0.407 e. The summed E-state index contributed by atoms with van der Waals surface area (Å²) < 4.78 is 7.06. The lowest BCUT2D eigenvalue weighted by Gasteiger charge is -2.49. The van der Waals surface area contributed by atoms with Gasteiger partial charge in [0.05, 0.1) is 5.34 Å². The maximum atomic E-state index is 7.06. The average molecular weight is 333 g/mol. The highest BCUT2D eigenvalue weighted by atomic mass is 31.0. The van der Waals surface area contributed by atoms with Gasteiger partial charge in [-0.2, -0.15) is 0 Å². The molecule has 0 aliphatic heterocycles. The van der Waals surface area contributed by atoms with Gasteiger partial charge in [-0.05, 0) is 41.8 Å². The van der Waals surface area contributed by atoms with Crippen molar-refractivity contribution in [3.8, 4) is 0 Å². The molecule has 0 amide bonds. The molecule has 3 heteroatoms. The third kappa shape index (κ3) is 5.32. The zero-order valence-electron chi connectivity index (χ0n) is 16.1. The van der Waals surface area contributed by atoms with E-state index in [-0.39, 0.29) is 5.34 Å². The molecule has 0 bridgehead atoms. The van der Waals surface area contributed by atoms with E-state index in [1.807, 2.05) is 0 Å². The highest BCUT2D eigenvalue weighted by Crippen LogP contribution is 2.49. The van der Waals surface area contributed by atoms with Gasteiger partial charge in [0, 0.05) is 0 Å². The van der Waals surface area contributed by atoms with E-state index < -0.39 is 8.32 Å². The predicted molar refractivity (Wildman–Crippen MR) is 104 cm³/mol. The fourth-order valence-corrected chi connectivity index (χ4v) is 10.5. The second kappa shape index (κ2) is 9.04. The molecule has 0 spiro atoms. The topological polar surface area (TPSA) is 9.23 Å². The molecule has 3 atom stereocenters. The Hall–Kier alpha value is 0.607. The van der Waals surface area contributed by atoms with Crippen molar-refractivity contribution in [2.45, 2.75) is 110 Å². The van der Waals surface area contributed by atoms with Gasteiger partial charge in [-0.25, -0.2) is 0 Å². The van der Waals surface area contributed by atoms with Gasteiger partial charge in [0.1, 0.15) is 0 Å². The van der Waals surface area contributed by atoms with Crippen molar-refractivity contribution in [1.29, 1.82) is 0 Å². The van der Waals surface area contributed by atoms with Crippen LogP contribution < -0.4 is 0 Å². The van der Waals surface area contributed by atoms with Crippen molar-refractivity contribution in [3.05, 3.63) is 0 Å². The molecule has 0 saturated heterocycles. The Morgan fingerprint density at radius 2 is 1.33 bits per heavy atom. The van der Waals surface area contributed by atoms with Crippen LogP contribution in [0.25, 0.3) is 0 Å². The van der Waals surface area contributed by atoms with Crippen molar-refractivity contribution >= 4 is 17.6 Å². The van der Waals surface area contributed by atoms with Gasteiger partial charge in [-0.1, -0.05) is 68.7 Å². The monoisotopic (exact) mass is 332 g/mol. The van der Waals surface area contributed by atoms with Crippen LogP contribution in [0.5, 0.6) is 0 Å². The third-order valence-corrected chi connectivity index (χ3v) is 12.9. The number of rotatable bonds is 10. The standard InChI is InChI=1S/C18H41OPSi/c1-10-16(8)13-17(9)21(14(4)5,15(6)7)19-18(20,11-2)12-3/h14-17H,10-13,20H2,1-9H3. The minimum Gasteiger partial charge on any atom is -0.407 e. The van der Waals surface area contributed by atoms with Gasteiger partial charge in [-0.15, -0.1) is 9.24 Å². The molecule has 0 N–H and O–H groups in total. The Morgan fingerprint density at radius 3 is 1.62 bits per heavy atom. The molecule has 0 aromatic rings. The van der Waals surface area contributed by atoms with Crippen LogP contribution in [0.1, 0.15) is 88.0 Å². The lowest BCUT2D eigenvalue weighted by Crippen LogP contribution is -2.53. The van der Waals surface area contributed by atoms with Crippen molar-refractivity contribution in [2.24, 2.45) is 5.92 Å². The van der Waals surface area contributed by atoms with Crippen LogP contribution in [0.2, 0.25) is 16.6 Å². The zero-order chi connectivity index (χ0) is 16.8. The summed E-state index contributed by atoms with van der Waals surface area (Å²) in [5.41, 5.74) is 2.04. The highest BCUT2D eigenvalue weighted by molar-refractivity contribution is 7.18. The maximum Gasteiger partial charge on any atom is 0.201 e. The molecule has 3 unspecified atom stereocenters. The Kier molecular flexibility index (Phi) is 9.30. The number of hydrogen-bond acceptors (Lipinski definition) is 1. The molecular weight excluding hydrogens is 291 g/mol. The third-order valence-electron chi connectivity index (χ3n) is 5.60. The van der Waals surface area contributed by atoms with Gasteiger partial charge in [0.15, 0.2) is 0 Å². The molecule has 21 heavy (non-hydrogen) atoms. The molecule has 0 rings (SSSR count). The van der Waals surface area contributed by atoms with E-state index in [1.54, 1.807) is 0 Å². The molecule has 0 aromatic heterocycles. The summed E-state index contributed by atoms with van der Waals surface area (Å²) in [6, 6.07) is 0. The van der Waals surface area contributed by atoms with Crippen LogP contribution in [-0.2, 0) is 4.43 Å². The smallest absolute Gasteiger partial charge is 0.201 e. The summed E-state index contributed by atoms with van der Waals surface area (Å²) in [6.07, 6.45) is 4.75. The Balaban J connectivity index is 5.55. The first-order valence-electron chi connectivity index (χ1n) is 9.08. The molecular formula is C18H41OPSi. The summed E-state index contributed by atoms with van der Waals surface area (Å²) >= 11 is 0. The second-order valence-corrected chi connectivity index (χ2v) is 13.9. The minimum atomic E-state index is -1.83. The van der Waals surface area contributed by atoms with E-state index in [1.165, 1.54) is 12.8 Å². The van der Waals surface area contributed by atoms with Gasteiger partial charge in [0.2, 0.25) is 8.32 Å². The second-order valence-electron chi connectivity index (χ2n) is 7.69. The zero-order valence-corrected chi connectivity index (χ0v) is 18.3. The van der Waals surface area contributed by atoms with E-state index in [0.717, 1.165) is 18.8 Å². The van der Waals surface area contributed by atoms with E-state index >= 15 is 0 Å². The lowest BCUT2D eigenvalue weighted by atomic mass is 10.0. The Bertz CT molecular complexity index is 279. The summed E-state index contributed by atoms with van der Waals surface area (Å²) in [7, 11) is 1.21. The normalized spacial score (nSPS) is 16.6. The van der Waals surface area contributed by atoms with E-state index in [4.69, 9.17) is 4.43 Å². The number of hydrogen-bond donors (Lipinski definition) is 0. The quantitative estimate of drug-likeness (QED) is 0.309.